The zero-order valence-corrected chi connectivity index (χ0v) is 10.8. The first kappa shape index (κ1) is 13.5. The van der Waals surface area contributed by atoms with Crippen LogP contribution in [0.4, 0.5) is 10.1 Å². The average Bonchev–Trinajstić information content (AvgIpc) is 2.41. The minimum absolute atomic E-state index is 0.133. The molecule has 6 heteroatoms. The van der Waals surface area contributed by atoms with Gasteiger partial charge in [0.05, 0.1) is 4.90 Å². The third-order valence-electron chi connectivity index (χ3n) is 2.57. The number of sulfonamides is 1. The van der Waals surface area contributed by atoms with Crippen LogP contribution in [-0.2, 0) is 16.6 Å². The average molecular weight is 280 g/mol. The molecule has 0 heterocycles. The van der Waals surface area contributed by atoms with Crippen molar-refractivity contribution in [2.24, 2.45) is 5.73 Å². The Balaban J connectivity index is 2.24. The molecule has 0 radical (unpaired) electrons. The molecule has 0 fully saturated rings. The highest BCUT2D eigenvalue weighted by Crippen LogP contribution is 2.16. The Kier molecular flexibility index (Phi) is 3.82. The van der Waals surface area contributed by atoms with E-state index in [2.05, 4.69) is 4.72 Å². The van der Waals surface area contributed by atoms with E-state index >= 15 is 0 Å². The number of benzene rings is 2. The summed E-state index contributed by atoms with van der Waals surface area (Å²) in [6.07, 6.45) is 0. The molecular weight excluding hydrogens is 267 g/mol. The van der Waals surface area contributed by atoms with Crippen LogP contribution >= 0.6 is 0 Å². The first-order chi connectivity index (χ1) is 9.01. The van der Waals surface area contributed by atoms with Gasteiger partial charge in [0.15, 0.2) is 0 Å². The van der Waals surface area contributed by atoms with Crippen LogP contribution in [0.15, 0.2) is 53.4 Å². The molecule has 2 aromatic carbocycles. The molecule has 0 aromatic heterocycles. The second-order valence-electron chi connectivity index (χ2n) is 3.96. The molecule has 0 spiro atoms. The van der Waals surface area contributed by atoms with Crippen molar-refractivity contribution < 1.29 is 12.8 Å². The van der Waals surface area contributed by atoms with Gasteiger partial charge in [0, 0.05) is 12.2 Å². The fourth-order valence-corrected chi connectivity index (χ4v) is 2.60. The number of hydrogen-bond acceptors (Lipinski definition) is 3. The van der Waals surface area contributed by atoms with Gasteiger partial charge in [-0.1, -0.05) is 12.1 Å². The van der Waals surface area contributed by atoms with E-state index in [0.717, 1.165) is 5.56 Å². The van der Waals surface area contributed by atoms with E-state index in [1.54, 1.807) is 12.1 Å². The van der Waals surface area contributed by atoms with E-state index in [9.17, 15) is 12.8 Å². The summed E-state index contributed by atoms with van der Waals surface area (Å²) >= 11 is 0. The number of hydrogen-bond donors (Lipinski definition) is 2. The summed E-state index contributed by atoms with van der Waals surface area (Å²) < 4.78 is 39.2. The molecule has 3 N–H and O–H groups in total. The van der Waals surface area contributed by atoms with Crippen LogP contribution < -0.4 is 10.5 Å². The Bertz CT molecular complexity index is 652. The van der Waals surface area contributed by atoms with Gasteiger partial charge in [0.1, 0.15) is 5.82 Å². The molecular formula is C13H13FN2O2S. The third kappa shape index (κ3) is 3.30. The molecule has 19 heavy (non-hydrogen) atoms. The lowest BCUT2D eigenvalue weighted by Crippen LogP contribution is -2.13. The molecule has 0 bridgehead atoms. The van der Waals surface area contributed by atoms with Gasteiger partial charge in [-0.2, -0.15) is 0 Å². The van der Waals surface area contributed by atoms with Gasteiger partial charge in [-0.25, -0.2) is 12.8 Å². The molecule has 2 aromatic rings. The van der Waals surface area contributed by atoms with Gasteiger partial charge in [-0.05, 0) is 42.0 Å². The summed E-state index contributed by atoms with van der Waals surface area (Å²) in [6.45, 7) is 0.353. The highest BCUT2D eigenvalue weighted by atomic mass is 32.2. The largest absolute Gasteiger partial charge is 0.326 e. The monoisotopic (exact) mass is 280 g/mol. The summed E-state index contributed by atoms with van der Waals surface area (Å²) in [7, 11) is -3.66. The molecule has 0 saturated heterocycles. The van der Waals surface area contributed by atoms with E-state index in [1.807, 2.05) is 0 Å². The Labute approximate surface area is 111 Å². The highest BCUT2D eigenvalue weighted by Gasteiger charge is 2.13. The molecule has 100 valence electrons. The van der Waals surface area contributed by atoms with Gasteiger partial charge in [0.25, 0.3) is 10.0 Å². The maximum atomic E-state index is 12.7. The van der Waals surface area contributed by atoms with Crippen LogP contribution in [0.5, 0.6) is 0 Å². The molecule has 0 atom stereocenters. The number of nitrogens with two attached hydrogens (primary N) is 1. The topological polar surface area (TPSA) is 72.2 Å². The second kappa shape index (κ2) is 5.38. The fourth-order valence-electron chi connectivity index (χ4n) is 1.54. The number of halogens is 1. The molecule has 0 amide bonds. The number of nitrogens with one attached hydrogen (secondary N) is 1. The zero-order valence-electron chi connectivity index (χ0n) is 10.0. The quantitative estimate of drug-likeness (QED) is 0.900. The van der Waals surface area contributed by atoms with Crippen molar-refractivity contribution in [3.8, 4) is 0 Å². The van der Waals surface area contributed by atoms with Gasteiger partial charge < -0.3 is 5.73 Å². The van der Waals surface area contributed by atoms with E-state index in [0.29, 0.717) is 12.2 Å². The minimum atomic E-state index is -3.66. The summed E-state index contributed by atoms with van der Waals surface area (Å²) in [5.74, 6) is -0.421. The smallest absolute Gasteiger partial charge is 0.261 e. The SMILES string of the molecule is NCc1ccc(S(=O)(=O)Nc2ccc(F)cc2)cc1. The van der Waals surface area contributed by atoms with Crippen LogP contribution in [0.2, 0.25) is 0 Å². The van der Waals surface area contributed by atoms with Crippen LogP contribution in [-0.4, -0.2) is 8.42 Å². The first-order valence-corrected chi connectivity index (χ1v) is 7.07. The highest BCUT2D eigenvalue weighted by molar-refractivity contribution is 7.92. The lowest BCUT2D eigenvalue weighted by atomic mass is 10.2. The van der Waals surface area contributed by atoms with Crippen LogP contribution in [0, 0.1) is 5.82 Å². The molecule has 0 unspecified atom stereocenters. The number of rotatable bonds is 4. The normalized spacial score (nSPS) is 11.3. The number of anilines is 1. The maximum absolute atomic E-state index is 12.7. The van der Waals surface area contributed by atoms with Gasteiger partial charge in [-0.15, -0.1) is 0 Å². The Morgan fingerprint density at radius 2 is 1.58 bits per heavy atom. The Hall–Kier alpha value is -1.92. The lowest BCUT2D eigenvalue weighted by Gasteiger charge is -2.08. The minimum Gasteiger partial charge on any atom is -0.326 e. The molecule has 0 aliphatic rings. The van der Waals surface area contributed by atoms with Crippen molar-refractivity contribution in [2.75, 3.05) is 4.72 Å². The summed E-state index contributed by atoms with van der Waals surface area (Å²) in [5.41, 5.74) is 6.60. The van der Waals surface area contributed by atoms with Crippen LogP contribution in [0.1, 0.15) is 5.56 Å². The third-order valence-corrected chi connectivity index (χ3v) is 3.96. The predicted molar refractivity (Wildman–Crippen MR) is 71.5 cm³/mol. The Morgan fingerprint density at radius 1 is 1.00 bits per heavy atom. The second-order valence-corrected chi connectivity index (χ2v) is 5.64. The standard InChI is InChI=1S/C13H13FN2O2S/c14-11-3-5-12(6-4-11)16-19(17,18)13-7-1-10(9-15)2-8-13/h1-8,16H,9,15H2. The van der Waals surface area contributed by atoms with Gasteiger partial charge in [0.2, 0.25) is 0 Å². The van der Waals surface area contributed by atoms with Crippen molar-refractivity contribution in [1.29, 1.82) is 0 Å². The van der Waals surface area contributed by atoms with Crippen LogP contribution in [0.3, 0.4) is 0 Å². The van der Waals surface area contributed by atoms with Crippen LogP contribution in [0.25, 0.3) is 0 Å². The predicted octanol–water partition coefficient (Wildman–Crippen LogP) is 2.09. The van der Waals surface area contributed by atoms with Gasteiger partial charge in [-0.3, -0.25) is 4.72 Å². The van der Waals surface area contributed by atoms with E-state index < -0.39 is 15.8 Å². The van der Waals surface area contributed by atoms with Gasteiger partial charge >= 0.3 is 0 Å². The fraction of sp³-hybridized carbons (Fsp3) is 0.0769. The van der Waals surface area contributed by atoms with E-state index in [1.165, 1.54) is 36.4 Å². The van der Waals surface area contributed by atoms with Crippen molar-refractivity contribution in [3.63, 3.8) is 0 Å². The van der Waals surface area contributed by atoms with Crippen molar-refractivity contribution in [2.45, 2.75) is 11.4 Å². The van der Waals surface area contributed by atoms with E-state index in [-0.39, 0.29) is 4.90 Å². The van der Waals surface area contributed by atoms with E-state index in [4.69, 9.17) is 5.73 Å². The van der Waals surface area contributed by atoms with Crippen molar-refractivity contribution in [1.82, 2.24) is 0 Å². The summed E-state index contributed by atoms with van der Waals surface area (Å²) in [5, 5.41) is 0. The maximum Gasteiger partial charge on any atom is 0.261 e. The Morgan fingerprint density at radius 3 is 2.11 bits per heavy atom. The first-order valence-electron chi connectivity index (χ1n) is 5.59. The molecule has 0 saturated carbocycles. The molecule has 2 rings (SSSR count). The summed E-state index contributed by atoms with van der Waals surface area (Å²) in [6, 6.07) is 11.4. The van der Waals surface area contributed by atoms with Crippen molar-refractivity contribution >= 4 is 15.7 Å². The molecule has 0 aliphatic heterocycles. The molecule has 4 nitrogen and oxygen atoms in total. The molecule has 0 aliphatic carbocycles. The zero-order chi connectivity index (χ0) is 13.9. The lowest BCUT2D eigenvalue weighted by molar-refractivity contribution is 0.601. The van der Waals surface area contributed by atoms with Crippen molar-refractivity contribution in [3.05, 3.63) is 59.9 Å². The summed E-state index contributed by atoms with van der Waals surface area (Å²) in [4.78, 5) is 0.133.